The fourth-order valence-corrected chi connectivity index (χ4v) is 4.55. The molecule has 2 bridgehead atoms. The molecule has 0 radical (unpaired) electrons. The largest absolute Gasteiger partial charge is 0.484 e. The lowest BCUT2D eigenvalue weighted by molar-refractivity contribution is -0.152. The van der Waals surface area contributed by atoms with Crippen molar-refractivity contribution in [3.8, 4) is 5.75 Å². The number of hydrogen-bond donors (Lipinski definition) is 3. The Kier molecular flexibility index (Phi) is 6.27. The number of aromatic carboxylic acids is 1. The van der Waals surface area contributed by atoms with Gasteiger partial charge in [0.05, 0.1) is 17.2 Å². The molecule has 10 heteroatoms. The lowest BCUT2D eigenvalue weighted by Gasteiger charge is -2.70. The molecular weight excluding hydrogens is 455 g/mol. The van der Waals surface area contributed by atoms with Crippen molar-refractivity contribution in [2.45, 2.75) is 36.9 Å². The zero-order chi connectivity index (χ0) is 23.6. The fraction of sp³-hybridized carbons (Fsp3) is 0.348. The van der Waals surface area contributed by atoms with E-state index in [2.05, 4.69) is 10.6 Å². The summed E-state index contributed by atoms with van der Waals surface area (Å²) in [5, 5.41) is 14.8. The maximum absolute atomic E-state index is 13.4. The van der Waals surface area contributed by atoms with Gasteiger partial charge in [0.25, 0.3) is 5.91 Å². The number of nitrogens with one attached hydrogen (secondary N) is 2. The molecule has 0 saturated heterocycles. The van der Waals surface area contributed by atoms with Crippen LogP contribution in [0.2, 0.25) is 5.02 Å². The van der Waals surface area contributed by atoms with E-state index < -0.39 is 11.8 Å². The van der Waals surface area contributed by atoms with Gasteiger partial charge in [-0.05, 0) is 49.1 Å². The van der Waals surface area contributed by atoms with Crippen molar-refractivity contribution < 1.29 is 33.4 Å². The van der Waals surface area contributed by atoms with Gasteiger partial charge in [-0.1, -0.05) is 23.7 Å². The quantitative estimate of drug-likeness (QED) is 0.486. The third-order valence-corrected chi connectivity index (χ3v) is 6.11. The van der Waals surface area contributed by atoms with Crippen molar-refractivity contribution >= 4 is 29.4 Å². The van der Waals surface area contributed by atoms with Crippen molar-refractivity contribution in [2.75, 3.05) is 13.2 Å². The number of hydrogen-bond acceptors (Lipinski definition) is 5. The fourth-order valence-electron chi connectivity index (χ4n) is 4.44. The molecule has 0 heterocycles. The first-order valence-electron chi connectivity index (χ1n) is 10.3. The monoisotopic (exact) mass is 476 g/mol. The highest BCUT2D eigenvalue weighted by molar-refractivity contribution is 6.30. The number of carbonyl (C=O) groups is 3. The van der Waals surface area contributed by atoms with Crippen LogP contribution >= 0.6 is 11.6 Å². The Labute approximate surface area is 194 Å². The minimum atomic E-state index is -1.00. The molecule has 0 atom stereocenters. The summed E-state index contributed by atoms with van der Waals surface area (Å²) >= 11 is 5.62. The van der Waals surface area contributed by atoms with E-state index in [1.54, 1.807) is 12.1 Å². The van der Waals surface area contributed by atoms with Gasteiger partial charge in [-0.25, -0.2) is 9.18 Å². The molecule has 174 valence electrons. The number of rotatable bonds is 10. The SMILES string of the molecule is O=C(COCc1ccc(C(=O)O)cc1)NC12CC(NC(=O)COc3ccc(Cl)c(F)c3)(C1)C2. The molecule has 0 unspecified atom stereocenters. The topological polar surface area (TPSA) is 114 Å². The zero-order valence-electron chi connectivity index (χ0n) is 17.5. The second-order valence-corrected chi connectivity index (χ2v) is 8.95. The Hall–Kier alpha value is -3.17. The highest BCUT2D eigenvalue weighted by Gasteiger charge is 2.69. The van der Waals surface area contributed by atoms with Gasteiger partial charge in [0, 0.05) is 17.1 Å². The van der Waals surface area contributed by atoms with E-state index in [4.69, 9.17) is 26.2 Å². The van der Waals surface area contributed by atoms with Crippen molar-refractivity contribution in [2.24, 2.45) is 0 Å². The zero-order valence-corrected chi connectivity index (χ0v) is 18.3. The molecule has 2 amide bonds. The summed E-state index contributed by atoms with van der Waals surface area (Å²) < 4.78 is 24.1. The third kappa shape index (κ3) is 5.26. The van der Waals surface area contributed by atoms with E-state index >= 15 is 0 Å². The first-order chi connectivity index (χ1) is 15.7. The molecule has 3 saturated carbocycles. The first-order valence-corrected chi connectivity index (χ1v) is 10.7. The number of carboxylic acid groups (broad SMARTS) is 1. The number of benzene rings is 2. The molecule has 0 aliphatic heterocycles. The van der Waals surface area contributed by atoms with E-state index in [-0.39, 0.29) is 59.0 Å². The smallest absolute Gasteiger partial charge is 0.335 e. The van der Waals surface area contributed by atoms with Gasteiger partial charge < -0.3 is 25.2 Å². The second-order valence-electron chi connectivity index (χ2n) is 8.55. The van der Waals surface area contributed by atoms with Crippen LogP contribution in [0, 0.1) is 5.82 Å². The van der Waals surface area contributed by atoms with Crippen LogP contribution in [0.4, 0.5) is 4.39 Å². The number of halogens is 2. The maximum Gasteiger partial charge on any atom is 0.335 e. The Morgan fingerprint density at radius 1 is 0.970 bits per heavy atom. The first kappa shape index (κ1) is 23.0. The van der Waals surface area contributed by atoms with Crippen molar-refractivity contribution in [3.63, 3.8) is 0 Å². The van der Waals surface area contributed by atoms with Gasteiger partial charge >= 0.3 is 5.97 Å². The van der Waals surface area contributed by atoms with Gasteiger partial charge in [0.2, 0.25) is 5.91 Å². The van der Waals surface area contributed by atoms with Crippen LogP contribution in [0.3, 0.4) is 0 Å². The average Bonchev–Trinajstić information content (AvgIpc) is 2.72. The Balaban J connectivity index is 1.13. The summed E-state index contributed by atoms with van der Waals surface area (Å²) in [4.78, 5) is 35.2. The van der Waals surface area contributed by atoms with Gasteiger partial charge in [-0.15, -0.1) is 0 Å². The number of carboxylic acids is 1. The Morgan fingerprint density at radius 2 is 1.58 bits per heavy atom. The minimum absolute atomic E-state index is 0.0205. The molecule has 33 heavy (non-hydrogen) atoms. The van der Waals surface area contributed by atoms with Crippen LogP contribution in [-0.2, 0) is 20.9 Å². The molecule has 0 aromatic heterocycles. The Bertz CT molecular complexity index is 1070. The standard InChI is InChI=1S/C23H22ClFN2O6/c24-17-6-5-16(7-18(17)25)33-10-20(29)27-23-11-22(12-23,13-23)26-19(28)9-32-8-14-1-3-15(4-2-14)21(30)31/h1-7H,8-13H2,(H,26,28)(H,27,29)(H,30,31). The number of ether oxygens (including phenoxy) is 2. The molecule has 5 rings (SSSR count). The van der Waals surface area contributed by atoms with E-state index in [0.717, 1.165) is 11.6 Å². The van der Waals surface area contributed by atoms with Crippen molar-refractivity contribution in [1.29, 1.82) is 0 Å². The number of amides is 2. The minimum Gasteiger partial charge on any atom is -0.484 e. The van der Waals surface area contributed by atoms with E-state index in [1.807, 2.05) is 0 Å². The predicted molar refractivity (Wildman–Crippen MR) is 116 cm³/mol. The molecule has 3 fully saturated rings. The second kappa shape index (κ2) is 8.99. The summed E-state index contributed by atoms with van der Waals surface area (Å²) in [5.41, 5.74) is 0.290. The van der Waals surface area contributed by atoms with Gasteiger partial charge in [-0.2, -0.15) is 0 Å². The van der Waals surface area contributed by atoms with Gasteiger partial charge in [0.1, 0.15) is 18.2 Å². The normalized spacial score (nSPS) is 22.5. The molecule has 3 N–H and O–H groups in total. The molecule has 3 aliphatic rings. The summed E-state index contributed by atoms with van der Waals surface area (Å²) in [6, 6.07) is 10.2. The number of carbonyl (C=O) groups excluding carboxylic acids is 2. The van der Waals surface area contributed by atoms with Crippen LogP contribution in [0.15, 0.2) is 42.5 Å². The highest BCUT2D eigenvalue weighted by Crippen LogP contribution is 2.60. The van der Waals surface area contributed by atoms with E-state index in [9.17, 15) is 18.8 Å². The third-order valence-electron chi connectivity index (χ3n) is 5.80. The molecular formula is C23H22ClFN2O6. The lowest BCUT2D eigenvalue weighted by Crippen LogP contribution is -2.84. The summed E-state index contributed by atoms with van der Waals surface area (Å²) in [6.07, 6.45) is 1.89. The summed E-state index contributed by atoms with van der Waals surface area (Å²) in [5.74, 6) is -1.97. The van der Waals surface area contributed by atoms with Crippen LogP contribution in [0.25, 0.3) is 0 Å². The molecule has 8 nitrogen and oxygen atoms in total. The van der Waals surface area contributed by atoms with Crippen LogP contribution in [0.5, 0.6) is 5.75 Å². The lowest BCUT2D eigenvalue weighted by atomic mass is 9.44. The Morgan fingerprint density at radius 3 is 2.15 bits per heavy atom. The highest BCUT2D eigenvalue weighted by atomic mass is 35.5. The van der Waals surface area contributed by atoms with Crippen molar-refractivity contribution in [1.82, 2.24) is 10.6 Å². The van der Waals surface area contributed by atoms with Gasteiger partial charge in [0.15, 0.2) is 6.61 Å². The summed E-state index contributed by atoms with van der Waals surface area (Å²) in [6.45, 7) is -0.172. The molecule has 3 aliphatic carbocycles. The molecule has 2 aromatic carbocycles. The van der Waals surface area contributed by atoms with Crippen LogP contribution in [0.1, 0.15) is 35.2 Å². The van der Waals surface area contributed by atoms with Gasteiger partial charge in [-0.3, -0.25) is 9.59 Å². The predicted octanol–water partition coefficient (Wildman–Crippen LogP) is 2.68. The maximum atomic E-state index is 13.4. The molecule has 0 spiro atoms. The summed E-state index contributed by atoms with van der Waals surface area (Å²) in [7, 11) is 0. The van der Waals surface area contributed by atoms with E-state index in [1.165, 1.54) is 24.3 Å². The van der Waals surface area contributed by atoms with E-state index in [0.29, 0.717) is 19.3 Å². The van der Waals surface area contributed by atoms with Crippen LogP contribution in [-0.4, -0.2) is 47.2 Å². The molecule has 2 aromatic rings. The average molecular weight is 477 g/mol. The van der Waals surface area contributed by atoms with Crippen molar-refractivity contribution in [3.05, 3.63) is 64.4 Å². The van der Waals surface area contributed by atoms with Crippen LogP contribution < -0.4 is 15.4 Å².